The number of nitrogens with one attached hydrogen (secondary N) is 2. The number of thioether (sulfide) groups is 1. The summed E-state index contributed by atoms with van der Waals surface area (Å²) in [5.41, 5.74) is 0. The monoisotopic (exact) mass is 231 g/mol. The smallest absolute Gasteiger partial charge is 0.324 e. The van der Waals surface area contributed by atoms with Gasteiger partial charge in [0.2, 0.25) is 11.8 Å². The average molecular weight is 231 g/mol. The Morgan fingerprint density at radius 2 is 2.27 bits per heavy atom. The molecule has 84 valence electrons. The predicted octanol–water partition coefficient (Wildman–Crippen LogP) is -0.983. The lowest BCUT2D eigenvalue weighted by atomic mass is 10.5. The zero-order chi connectivity index (χ0) is 11.3. The minimum atomic E-state index is -0.347. The standard InChI is InChI=1S/C8H13N3O3S/c1-9-6(12)4-15-5-7(13)11-3-2-10-8(11)14/h2-5H2,1H3,(H,9,12)(H,10,14). The van der Waals surface area contributed by atoms with Crippen molar-refractivity contribution in [3.05, 3.63) is 0 Å². The maximum Gasteiger partial charge on any atom is 0.324 e. The molecule has 0 aromatic heterocycles. The minimum absolute atomic E-state index is 0.126. The fraction of sp³-hybridized carbons (Fsp3) is 0.625. The molecule has 0 unspecified atom stereocenters. The molecule has 0 aromatic carbocycles. The van der Waals surface area contributed by atoms with Crippen LogP contribution in [0.1, 0.15) is 0 Å². The van der Waals surface area contributed by atoms with Gasteiger partial charge in [-0.15, -0.1) is 11.8 Å². The lowest BCUT2D eigenvalue weighted by Crippen LogP contribution is -2.35. The molecule has 0 atom stereocenters. The van der Waals surface area contributed by atoms with E-state index in [1.165, 1.54) is 11.8 Å². The van der Waals surface area contributed by atoms with Crippen LogP contribution in [-0.2, 0) is 9.59 Å². The molecule has 0 bridgehead atoms. The summed E-state index contributed by atoms with van der Waals surface area (Å²) in [5.74, 6) is 0.0102. The third-order valence-electron chi connectivity index (χ3n) is 1.90. The summed E-state index contributed by atoms with van der Waals surface area (Å²) in [6, 6.07) is -0.347. The van der Waals surface area contributed by atoms with Crippen molar-refractivity contribution in [1.29, 1.82) is 0 Å². The van der Waals surface area contributed by atoms with Crippen LogP contribution in [0, 0.1) is 0 Å². The third-order valence-corrected chi connectivity index (χ3v) is 2.81. The number of imide groups is 1. The molecule has 4 amide bonds. The zero-order valence-electron chi connectivity index (χ0n) is 8.41. The Morgan fingerprint density at radius 1 is 1.53 bits per heavy atom. The highest BCUT2D eigenvalue weighted by Crippen LogP contribution is 2.05. The normalized spacial score (nSPS) is 15.0. The maximum atomic E-state index is 11.4. The van der Waals surface area contributed by atoms with Crippen LogP contribution in [0.25, 0.3) is 0 Å². The number of rotatable bonds is 4. The van der Waals surface area contributed by atoms with Crippen molar-refractivity contribution in [2.75, 3.05) is 31.6 Å². The quantitative estimate of drug-likeness (QED) is 0.651. The average Bonchev–Trinajstić information content (AvgIpc) is 2.64. The summed E-state index contributed by atoms with van der Waals surface area (Å²) in [5, 5.41) is 4.99. The summed E-state index contributed by atoms with van der Waals surface area (Å²) >= 11 is 1.20. The van der Waals surface area contributed by atoms with Gasteiger partial charge in [-0.25, -0.2) is 4.79 Å². The molecule has 1 aliphatic rings. The van der Waals surface area contributed by atoms with Gasteiger partial charge < -0.3 is 10.6 Å². The van der Waals surface area contributed by atoms with Gasteiger partial charge in [0.1, 0.15) is 0 Å². The molecule has 1 heterocycles. The summed E-state index contributed by atoms with van der Waals surface area (Å²) in [6.45, 7) is 0.920. The molecule has 0 aliphatic carbocycles. The molecule has 15 heavy (non-hydrogen) atoms. The fourth-order valence-electron chi connectivity index (χ4n) is 1.09. The number of hydrogen-bond acceptors (Lipinski definition) is 4. The molecule has 6 nitrogen and oxygen atoms in total. The van der Waals surface area contributed by atoms with Gasteiger partial charge in [0.05, 0.1) is 11.5 Å². The van der Waals surface area contributed by atoms with E-state index in [0.29, 0.717) is 13.1 Å². The first-order valence-electron chi connectivity index (χ1n) is 4.51. The van der Waals surface area contributed by atoms with Crippen LogP contribution < -0.4 is 10.6 Å². The Balaban J connectivity index is 2.24. The van der Waals surface area contributed by atoms with Crippen molar-refractivity contribution in [2.24, 2.45) is 0 Å². The second-order valence-electron chi connectivity index (χ2n) is 2.94. The molecule has 1 fully saturated rings. The van der Waals surface area contributed by atoms with E-state index in [-0.39, 0.29) is 29.4 Å². The van der Waals surface area contributed by atoms with Crippen molar-refractivity contribution >= 4 is 29.6 Å². The molecule has 2 N–H and O–H groups in total. The number of carbonyl (C=O) groups excluding carboxylic acids is 3. The maximum absolute atomic E-state index is 11.4. The van der Waals surface area contributed by atoms with Gasteiger partial charge in [0, 0.05) is 20.1 Å². The van der Waals surface area contributed by atoms with Crippen molar-refractivity contribution in [1.82, 2.24) is 15.5 Å². The van der Waals surface area contributed by atoms with Crippen LogP contribution in [0.3, 0.4) is 0 Å². The molecule has 0 aromatic rings. The highest BCUT2D eigenvalue weighted by atomic mass is 32.2. The molecular weight excluding hydrogens is 218 g/mol. The van der Waals surface area contributed by atoms with Crippen molar-refractivity contribution in [3.63, 3.8) is 0 Å². The van der Waals surface area contributed by atoms with Gasteiger partial charge in [0.15, 0.2) is 0 Å². The van der Waals surface area contributed by atoms with Crippen LogP contribution in [0.2, 0.25) is 0 Å². The van der Waals surface area contributed by atoms with Gasteiger partial charge in [0.25, 0.3) is 0 Å². The molecular formula is C8H13N3O3S. The van der Waals surface area contributed by atoms with Crippen LogP contribution in [0.5, 0.6) is 0 Å². The second-order valence-corrected chi connectivity index (χ2v) is 3.93. The van der Waals surface area contributed by atoms with Crippen LogP contribution in [0.4, 0.5) is 4.79 Å². The van der Waals surface area contributed by atoms with E-state index in [0.717, 1.165) is 4.90 Å². The van der Waals surface area contributed by atoms with Crippen molar-refractivity contribution in [2.45, 2.75) is 0 Å². The highest BCUT2D eigenvalue weighted by Gasteiger charge is 2.25. The summed E-state index contributed by atoms with van der Waals surface area (Å²) in [4.78, 5) is 34.5. The van der Waals surface area contributed by atoms with Crippen molar-refractivity contribution in [3.8, 4) is 0 Å². The van der Waals surface area contributed by atoms with E-state index in [2.05, 4.69) is 10.6 Å². The van der Waals surface area contributed by atoms with E-state index in [4.69, 9.17) is 0 Å². The molecule has 1 aliphatic heterocycles. The molecule has 0 radical (unpaired) electrons. The minimum Gasteiger partial charge on any atom is -0.358 e. The summed E-state index contributed by atoms with van der Waals surface area (Å²) < 4.78 is 0. The van der Waals surface area contributed by atoms with Crippen LogP contribution >= 0.6 is 11.8 Å². The van der Waals surface area contributed by atoms with Gasteiger partial charge in [-0.1, -0.05) is 0 Å². The number of amides is 4. The lowest BCUT2D eigenvalue weighted by Gasteiger charge is -2.11. The van der Waals surface area contributed by atoms with E-state index in [1.54, 1.807) is 7.05 Å². The first-order chi connectivity index (χ1) is 7.15. The molecule has 0 saturated carbocycles. The van der Waals surface area contributed by atoms with Gasteiger partial charge in [-0.3, -0.25) is 14.5 Å². The van der Waals surface area contributed by atoms with Gasteiger partial charge in [-0.05, 0) is 0 Å². The summed E-state index contributed by atoms with van der Waals surface area (Å²) in [6.07, 6.45) is 0. The molecule has 1 saturated heterocycles. The Hall–Kier alpha value is -1.24. The topological polar surface area (TPSA) is 78.5 Å². The van der Waals surface area contributed by atoms with E-state index < -0.39 is 0 Å². The Bertz CT molecular complexity index is 282. The van der Waals surface area contributed by atoms with Crippen molar-refractivity contribution < 1.29 is 14.4 Å². The van der Waals surface area contributed by atoms with E-state index >= 15 is 0 Å². The fourth-order valence-corrected chi connectivity index (χ4v) is 1.85. The lowest BCUT2D eigenvalue weighted by molar-refractivity contribution is -0.124. The number of nitrogens with zero attached hydrogens (tertiary/aromatic N) is 1. The van der Waals surface area contributed by atoms with Gasteiger partial charge in [-0.2, -0.15) is 0 Å². The third kappa shape index (κ3) is 3.43. The first kappa shape index (κ1) is 11.8. The Morgan fingerprint density at radius 3 is 2.80 bits per heavy atom. The first-order valence-corrected chi connectivity index (χ1v) is 5.67. The number of urea groups is 1. The molecule has 0 spiro atoms. The largest absolute Gasteiger partial charge is 0.358 e. The molecule has 1 rings (SSSR count). The number of hydrogen-bond donors (Lipinski definition) is 2. The Labute approximate surface area is 91.8 Å². The second kappa shape index (κ2) is 5.59. The summed E-state index contributed by atoms with van der Waals surface area (Å²) in [7, 11) is 1.54. The Kier molecular flexibility index (Phi) is 4.41. The predicted molar refractivity (Wildman–Crippen MR) is 56.5 cm³/mol. The van der Waals surface area contributed by atoms with Crippen LogP contribution in [-0.4, -0.2) is 54.4 Å². The SMILES string of the molecule is CNC(=O)CSCC(=O)N1CCNC1=O. The molecule has 7 heteroatoms. The van der Waals surface area contributed by atoms with Gasteiger partial charge >= 0.3 is 6.03 Å². The highest BCUT2D eigenvalue weighted by molar-refractivity contribution is 8.00. The number of carbonyl (C=O) groups is 3. The van der Waals surface area contributed by atoms with E-state index in [9.17, 15) is 14.4 Å². The van der Waals surface area contributed by atoms with E-state index in [1.807, 2.05) is 0 Å². The zero-order valence-corrected chi connectivity index (χ0v) is 9.23. The van der Waals surface area contributed by atoms with Crippen LogP contribution in [0.15, 0.2) is 0 Å².